The van der Waals surface area contributed by atoms with Crippen LogP contribution in [0.15, 0.2) is 48.5 Å². The van der Waals surface area contributed by atoms with Crippen LogP contribution in [0.25, 0.3) is 0 Å². The van der Waals surface area contributed by atoms with Gasteiger partial charge in [-0.3, -0.25) is 0 Å². The van der Waals surface area contributed by atoms with Gasteiger partial charge in [-0.25, -0.2) is 0 Å². The third kappa shape index (κ3) is 2.51. The fraction of sp³-hybridized carbons (Fsp3) is 0.333. The summed E-state index contributed by atoms with van der Waals surface area (Å²) in [5.41, 5.74) is 5.61. The van der Waals surface area contributed by atoms with E-state index in [4.69, 9.17) is 0 Å². The minimum Gasteiger partial charge on any atom is -0.378 e. The Hall–Kier alpha value is -1.76. The van der Waals surface area contributed by atoms with E-state index in [2.05, 4.69) is 67.7 Å². The highest BCUT2D eigenvalue weighted by atomic mass is 14.9. The molecule has 1 heteroatoms. The highest BCUT2D eigenvalue weighted by Crippen LogP contribution is 2.34. The first-order chi connectivity index (χ1) is 9.24. The molecule has 1 N–H and O–H groups in total. The summed E-state index contributed by atoms with van der Waals surface area (Å²) in [6, 6.07) is 18.1. The second-order valence-electron chi connectivity index (χ2n) is 5.71. The van der Waals surface area contributed by atoms with Gasteiger partial charge in [0.1, 0.15) is 0 Å². The SMILES string of the molecule is CC(C)c1cccc(NC2CCc3ccccc32)c1. The fourth-order valence-corrected chi connectivity index (χ4v) is 2.90. The second-order valence-corrected chi connectivity index (χ2v) is 5.71. The standard InChI is InChI=1S/C18H21N/c1-13(2)15-7-5-8-16(12-15)19-18-11-10-14-6-3-4-9-17(14)18/h3-9,12-13,18-19H,10-11H2,1-2H3. The van der Waals surface area contributed by atoms with E-state index in [9.17, 15) is 0 Å². The van der Waals surface area contributed by atoms with Crippen molar-refractivity contribution in [3.63, 3.8) is 0 Å². The highest BCUT2D eigenvalue weighted by molar-refractivity contribution is 5.50. The van der Waals surface area contributed by atoms with Gasteiger partial charge in [-0.1, -0.05) is 50.2 Å². The molecule has 0 amide bonds. The van der Waals surface area contributed by atoms with Crippen molar-refractivity contribution in [3.8, 4) is 0 Å². The molecule has 98 valence electrons. The molecule has 0 fully saturated rings. The summed E-state index contributed by atoms with van der Waals surface area (Å²) in [7, 11) is 0. The van der Waals surface area contributed by atoms with Crippen molar-refractivity contribution in [2.75, 3.05) is 5.32 Å². The predicted octanol–water partition coefficient (Wildman–Crippen LogP) is 4.91. The van der Waals surface area contributed by atoms with Gasteiger partial charge in [-0.2, -0.15) is 0 Å². The third-order valence-electron chi connectivity index (χ3n) is 4.03. The quantitative estimate of drug-likeness (QED) is 0.817. The van der Waals surface area contributed by atoms with Crippen LogP contribution in [0.5, 0.6) is 0 Å². The molecule has 0 heterocycles. The van der Waals surface area contributed by atoms with Gasteiger partial charge >= 0.3 is 0 Å². The Kier molecular flexibility index (Phi) is 3.29. The Balaban J connectivity index is 1.81. The predicted molar refractivity (Wildman–Crippen MR) is 81.7 cm³/mol. The lowest BCUT2D eigenvalue weighted by Crippen LogP contribution is -2.07. The van der Waals surface area contributed by atoms with Crippen molar-refractivity contribution in [3.05, 3.63) is 65.2 Å². The number of fused-ring (bicyclic) bond motifs is 1. The molecule has 2 aromatic carbocycles. The van der Waals surface area contributed by atoms with Gasteiger partial charge in [0.2, 0.25) is 0 Å². The molecule has 1 nitrogen and oxygen atoms in total. The van der Waals surface area contributed by atoms with Gasteiger partial charge in [0, 0.05) is 5.69 Å². The van der Waals surface area contributed by atoms with Crippen LogP contribution in [-0.4, -0.2) is 0 Å². The molecule has 0 aliphatic heterocycles. The molecular weight excluding hydrogens is 230 g/mol. The first kappa shape index (κ1) is 12.3. The molecule has 0 aromatic heterocycles. The highest BCUT2D eigenvalue weighted by Gasteiger charge is 2.21. The number of anilines is 1. The van der Waals surface area contributed by atoms with E-state index in [1.165, 1.54) is 35.2 Å². The molecule has 0 bridgehead atoms. The maximum absolute atomic E-state index is 3.69. The third-order valence-corrected chi connectivity index (χ3v) is 4.03. The lowest BCUT2D eigenvalue weighted by molar-refractivity contribution is 0.761. The molecular formula is C18H21N. The molecule has 0 saturated heterocycles. The molecule has 19 heavy (non-hydrogen) atoms. The Morgan fingerprint density at radius 2 is 1.89 bits per heavy atom. The summed E-state index contributed by atoms with van der Waals surface area (Å²) in [6.07, 6.45) is 2.39. The summed E-state index contributed by atoms with van der Waals surface area (Å²) in [6.45, 7) is 4.48. The first-order valence-electron chi connectivity index (χ1n) is 7.18. The van der Waals surface area contributed by atoms with Crippen LogP contribution in [0, 0.1) is 0 Å². The fourth-order valence-electron chi connectivity index (χ4n) is 2.90. The number of rotatable bonds is 3. The van der Waals surface area contributed by atoms with Crippen molar-refractivity contribution in [2.45, 2.75) is 38.6 Å². The first-order valence-corrected chi connectivity index (χ1v) is 7.18. The molecule has 1 aliphatic rings. The molecule has 2 aromatic rings. The zero-order valence-corrected chi connectivity index (χ0v) is 11.7. The van der Waals surface area contributed by atoms with Gasteiger partial charge in [0.15, 0.2) is 0 Å². The maximum atomic E-state index is 3.69. The number of benzene rings is 2. The van der Waals surface area contributed by atoms with Gasteiger partial charge in [-0.05, 0) is 47.6 Å². The summed E-state index contributed by atoms with van der Waals surface area (Å²) in [5.74, 6) is 0.581. The van der Waals surface area contributed by atoms with E-state index in [1.54, 1.807) is 0 Å². The summed E-state index contributed by atoms with van der Waals surface area (Å²) in [4.78, 5) is 0. The number of hydrogen-bond acceptors (Lipinski definition) is 1. The number of hydrogen-bond donors (Lipinski definition) is 1. The maximum Gasteiger partial charge on any atom is 0.0519 e. The largest absolute Gasteiger partial charge is 0.378 e. The minimum atomic E-state index is 0.471. The Morgan fingerprint density at radius 1 is 1.05 bits per heavy atom. The summed E-state index contributed by atoms with van der Waals surface area (Å²) < 4.78 is 0. The minimum absolute atomic E-state index is 0.471. The lowest BCUT2D eigenvalue weighted by Gasteiger charge is -2.17. The van der Waals surface area contributed by atoms with Crippen LogP contribution in [0.2, 0.25) is 0 Å². The van der Waals surface area contributed by atoms with Crippen molar-refractivity contribution in [1.29, 1.82) is 0 Å². The van der Waals surface area contributed by atoms with Crippen LogP contribution in [0.1, 0.15) is 48.9 Å². The van der Waals surface area contributed by atoms with Gasteiger partial charge < -0.3 is 5.32 Å². The monoisotopic (exact) mass is 251 g/mol. The molecule has 3 rings (SSSR count). The zero-order chi connectivity index (χ0) is 13.2. The van der Waals surface area contributed by atoms with Crippen molar-refractivity contribution < 1.29 is 0 Å². The molecule has 0 radical (unpaired) electrons. The van der Waals surface area contributed by atoms with Crippen LogP contribution >= 0.6 is 0 Å². The molecule has 0 spiro atoms. The van der Waals surface area contributed by atoms with E-state index in [-0.39, 0.29) is 0 Å². The Morgan fingerprint density at radius 3 is 2.74 bits per heavy atom. The Bertz CT molecular complexity index is 571. The smallest absolute Gasteiger partial charge is 0.0519 e. The molecule has 0 saturated carbocycles. The van der Waals surface area contributed by atoms with Crippen molar-refractivity contribution in [1.82, 2.24) is 0 Å². The van der Waals surface area contributed by atoms with E-state index in [1.807, 2.05) is 0 Å². The van der Waals surface area contributed by atoms with E-state index in [0.29, 0.717) is 12.0 Å². The topological polar surface area (TPSA) is 12.0 Å². The number of aryl methyl sites for hydroxylation is 1. The van der Waals surface area contributed by atoms with E-state index in [0.717, 1.165) is 0 Å². The lowest BCUT2D eigenvalue weighted by atomic mass is 10.0. The summed E-state index contributed by atoms with van der Waals surface area (Å²) in [5, 5.41) is 3.69. The Labute approximate surface area is 115 Å². The van der Waals surface area contributed by atoms with Gasteiger partial charge in [0.25, 0.3) is 0 Å². The molecule has 1 atom stereocenters. The van der Waals surface area contributed by atoms with Gasteiger partial charge in [-0.15, -0.1) is 0 Å². The van der Waals surface area contributed by atoms with Crippen LogP contribution in [0.4, 0.5) is 5.69 Å². The number of nitrogens with one attached hydrogen (secondary N) is 1. The van der Waals surface area contributed by atoms with Gasteiger partial charge in [0.05, 0.1) is 6.04 Å². The van der Waals surface area contributed by atoms with Crippen LogP contribution in [0.3, 0.4) is 0 Å². The average molecular weight is 251 g/mol. The second kappa shape index (κ2) is 5.08. The van der Waals surface area contributed by atoms with E-state index < -0.39 is 0 Å². The van der Waals surface area contributed by atoms with Crippen molar-refractivity contribution >= 4 is 5.69 Å². The summed E-state index contributed by atoms with van der Waals surface area (Å²) >= 11 is 0. The normalized spacial score (nSPS) is 17.5. The van der Waals surface area contributed by atoms with E-state index >= 15 is 0 Å². The molecule has 1 unspecified atom stereocenters. The zero-order valence-electron chi connectivity index (χ0n) is 11.7. The van der Waals surface area contributed by atoms with Crippen molar-refractivity contribution in [2.24, 2.45) is 0 Å². The average Bonchev–Trinajstić information content (AvgIpc) is 2.83. The van der Waals surface area contributed by atoms with Crippen LogP contribution < -0.4 is 5.32 Å². The van der Waals surface area contributed by atoms with Crippen LogP contribution in [-0.2, 0) is 6.42 Å². The molecule has 1 aliphatic carbocycles.